The number of hydrogen-bond acceptors (Lipinski definition) is 1. The van der Waals surface area contributed by atoms with Gasteiger partial charge in [0.05, 0.1) is 5.69 Å². The molecular weight excluding hydrogens is 458 g/mol. The van der Waals surface area contributed by atoms with E-state index in [1.807, 2.05) is 6.20 Å². The second-order valence-electron chi connectivity index (χ2n) is 10.3. The number of benzene rings is 7. The third-order valence-electron chi connectivity index (χ3n) is 8.20. The molecule has 8 aromatic rings. The van der Waals surface area contributed by atoms with Crippen LogP contribution in [0.4, 0.5) is 0 Å². The van der Waals surface area contributed by atoms with E-state index in [4.69, 9.17) is 4.98 Å². The van der Waals surface area contributed by atoms with Crippen LogP contribution in [0.25, 0.3) is 65.1 Å². The zero-order chi connectivity index (χ0) is 25.1. The van der Waals surface area contributed by atoms with Crippen molar-refractivity contribution in [3.8, 4) is 11.3 Å². The number of aryl methyl sites for hydroxylation is 2. The highest BCUT2D eigenvalue weighted by molar-refractivity contribution is 6.33. The van der Waals surface area contributed by atoms with Gasteiger partial charge < -0.3 is 0 Å². The molecule has 0 N–H and O–H groups in total. The second kappa shape index (κ2) is 8.39. The first-order valence-electron chi connectivity index (χ1n) is 13.4. The molecule has 0 aliphatic rings. The highest BCUT2D eigenvalue weighted by Crippen LogP contribution is 2.41. The van der Waals surface area contributed by atoms with Gasteiger partial charge in [-0.1, -0.05) is 115 Å². The van der Waals surface area contributed by atoms with Crippen molar-refractivity contribution >= 4 is 53.9 Å². The zero-order valence-corrected chi connectivity index (χ0v) is 21.0. The highest BCUT2D eigenvalue weighted by atomic mass is 14.7. The van der Waals surface area contributed by atoms with Gasteiger partial charge in [-0.05, 0) is 78.5 Å². The van der Waals surface area contributed by atoms with E-state index in [0.29, 0.717) is 0 Å². The van der Waals surface area contributed by atoms with Crippen LogP contribution < -0.4 is 0 Å². The molecule has 0 radical (unpaired) electrons. The lowest BCUT2D eigenvalue weighted by Crippen LogP contribution is -1.95. The summed E-state index contributed by atoms with van der Waals surface area (Å²) in [5, 5.41) is 13.3. The molecule has 8 rings (SSSR count). The van der Waals surface area contributed by atoms with E-state index in [9.17, 15) is 0 Å². The van der Waals surface area contributed by atoms with E-state index >= 15 is 0 Å². The molecule has 0 saturated carbocycles. The van der Waals surface area contributed by atoms with E-state index in [1.165, 1.54) is 70.6 Å². The van der Waals surface area contributed by atoms with Crippen molar-refractivity contribution in [2.45, 2.75) is 12.8 Å². The molecule has 0 aliphatic heterocycles. The molecule has 38 heavy (non-hydrogen) atoms. The number of aromatic nitrogens is 1. The molecule has 0 amide bonds. The third-order valence-corrected chi connectivity index (χ3v) is 8.20. The number of fused-ring (bicyclic) bond motifs is 3. The summed E-state index contributed by atoms with van der Waals surface area (Å²) in [6, 6.07) is 44.4. The van der Waals surface area contributed by atoms with Crippen molar-refractivity contribution in [2.75, 3.05) is 0 Å². The second-order valence-corrected chi connectivity index (χ2v) is 10.3. The SMILES string of the molecule is c1ccc2c(-c3ccc(CCc4ccc5c6cccc7cccc(c8cccc4c85)c76)cc3)nccc2c1. The van der Waals surface area contributed by atoms with Crippen molar-refractivity contribution in [1.82, 2.24) is 4.98 Å². The predicted molar refractivity (Wildman–Crippen MR) is 162 cm³/mol. The predicted octanol–water partition coefficient (Wildman–Crippen LogP) is 9.74. The largest absolute Gasteiger partial charge is 0.256 e. The van der Waals surface area contributed by atoms with E-state index in [-0.39, 0.29) is 0 Å². The van der Waals surface area contributed by atoms with Crippen LogP contribution in [0.1, 0.15) is 11.1 Å². The summed E-state index contributed by atoms with van der Waals surface area (Å²) in [7, 11) is 0. The number of nitrogens with zero attached hydrogens (tertiary/aromatic N) is 1. The summed E-state index contributed by atoms with van der Waals surface area (Å²) in [6.45, 7) is 0. The molecule has 0 atom stereocenters. The van der Waals surface area contributed by atoms with Crippen LogP contribution in [0, 0.1) is 0 Å². The topological polar surface area (TPSA) is 12.9 Å². The van der Waals surface area contributed by atoms with Crippen molar-refractivity contribution in [3.05, 3.63) is 139 Å². The Morgan fingerprint density at radius 3 is 1.87 bits per heavy atom. The Balaban J connectivity index is 1.17. The molecule has 1 heteroatoms. The van der Waals surface area contributed by atoms with Gasteiger partial charge in [0.25, 0.3) is 0 Å². The van der Waals surface area contributed by atoms with Crippen LogP contribution >= 0.6 is 0 Å². The van der Waals surface area contributed by atoms with Gasteiger partial charge >= 0.3 is 0 Å². The Morgan fingerprint density at radius 1 is 0.421 bits per heavy atom. The maximum absolute atomic E-state index is 4.69. The smallest absolute Gasteiger partial charge is 0.0780 e. The standard InChI is InChI=1S/C37H25N/c1-2-9-30-25(6-1)22-23-38-37(30)28-18-15-24(16-19-28)14-17-26-20-21-34-32-12-4-8-27-7-3-11-31(35(27)32)33-13-5-10-29(26)36(33)34/h1-13,15-16,18-23H,14,17H2. The normalized spacial score (nSPS) is 11.9. The quantitative estimate of drug-likeness (QED) is 0.179. The molecule has 1 heterocycles. The summed E-state index contributed by atoms with van der Waals surface area (Å²) in [6.07, 6.45) is 3.92. The minimum absolute atomic E-state index is 1.01. The fourth-order valence-electron chi connectivity index (χ4n) is 6.38. The van der Waals surface area contributed by atoms with Crippen LogP contribution in [-0.4, -0.2) is 4.98 Å². The molecule has 1 nitrogen and oxygen atoms in total. The number of pyridine rings is 1. The van der Waals surface area contributed by atoms with Crippen LogP contribution in [0.15, 0.2) is 128 Å². The molecule has 0 bridgehead atoms. The fraction of sp³-hybridized carbons (Fsp3) is 0.0541. The van der Waals surface area contributed by atoms with Crippen LogP contribution in [-0.2, 0) is 12.8 Å². The minimum atomic E-state index is 1.01. The van der Waals surface area contributed by atoms with E-state index in [2.05, 4.69) is 121 Å². The fourth-order valence-corrected chi connectivity index (χ4v) is 6.38. The molecule has 1 aromatic heterocycles. The van der Waals surface area contributed by atoms with Gasteiger partial charge in [0.15, 0.2) is 0 Å². The van der Waals surface area contributed by atoms with Crippen LogP contribution in [0.2, 0.25) is 0 Å². The van der Waals surface area contributed by atoms with Crippen molar-refractivity contribution in [1.29, 1.82) is 0 Å². The van der Waals surface area contributed by atoms with Crippen molar-refractivity contribution in [2.24, 2.45) is 0 Å². The van der Waals surface area contributed by atoms with Gasteiger partial charge in [-0.2, -0.15) is 0 Å². The van der Waals surface area contributed by atoms with Gasteiger partial charge in [-0.3, -0.25) is 4.98 Å². The van der Waals surface area contributed by atoms with Gasteiger partial charge in [-0.25, -0.2) is 0 Å². The van der Waals surface area contributed by atoms with Crippen molar-refractivity contribution in [3.63, 3.8) is 0 Å². The lowest BCUT2D eigenvalue weighted by molar-refractivity contribution is 0.970. The monoisotopic (exact) mass is 483 g/mol. The lowest BCUT2D eigenvalue weighted by atomic mass is 9.87. The van der Waals surface area contributed by atoms with E-state index in [0.717, 1.165) is 18.5 Å². The summed E-state index contributed by atoms with van der Waals surface area (Å²) >= 11 is 0. The zero-order valence-electron chi connectivity index (χ0n) is 21.0. The molecule has 7 aromatic carbocycles. The van der Waals surface area contributed by atoms with E-state index < -0.39 is 0 Å². The number of hydrogen-bond donors (Lipinski definition) is 0. The van der Waals surface area contributed by atoms with E-state index in [1.54, 1.807) is 0 Å². The first kappa shape index (κ1) is 21.3. The molecule has 0 saturated heterocycles. The molecular formula is C37H25N. The van der Waals surface area contributed by atoms with Gasteiger partial charge in [0.2, 0.25) is 0 Å². The average molecular weight is 484 g/mol. The Kier molecular flexibility index (Phi) is 4.72. The third kappa shape index (κ3) is 3.22. The molecule has 178 valence electrons. The molecule has 0 aliphatic carbocycles. The van der Waals surface area contributed by atoms with Gasteiger partial charge in [0.1, 0.15) is 0 Å². The Morgan fingerprint density at radius 2 is 1.05 bits per heavy atom. The maximum Gasteiger partial charge on any atom is 0.0780 e. The summed E-state index contributed by atoms with van der Waals surface area (Å²) in [5.41, 5.74) is 4.98. The first-order valence-corrected chi connectivity index (χ1v) is 13.4. The van der Waals surface area contributed by atoms with Gasteiger partial charge in [-0.15, -0.1) is 0 Å². The molecule has 0 unspecified atom stereocenters. The lowest BCUT2D eigenvalue weighted by Gasteiger charge is -2.16. The first-order chi connectivity index (χ1) is 18.8. The Hall–Kier alpha value is -4.75. The molecule has 0 fully saturated rings. The Bertz CT molecular complexity index is 2060. The highest BCUT2D eigenvalue weighted by Gasteiger charge is 2.14. The van der Waals surface area contributed by atoms with Crippen LogP contribution in [0.5, 0.6) is 0 Å². The number of rotatable bonds is 4. The molecule has 0 spiro atoms. The summed E-state index contributed by atoms with van der Waals surface area (Å²) in [4.78, 5) is 4.69. The summed E-state index contributed by atoms with van der Waals surface area (Å²) in [5.74, 6) is 0. The Labute approximate surface area is 221 Å². The minimum Gasteiger partial charge on any atom is -0.256 e. The van der Waals surface area contributed by atoms with Crippen molar-refractivity contribution < 1.29 is 0 Å². The maximum atomic E-state index is 4.69. The van der Waals surface area contributed by atoms with Gasteiger partial charge in [0, 0.05) is 17.1 Å². The average Bonchev–Trinajstić information content (AvgIpc) is 2.99. The summed E-state index contributed by atoms with van der Waals surface area (Å²) < 4.78 is 0. The van der Waals surface area contributed by atoms with Crippen LogP contribution in [0.3, 0.4) is 0 Å².